The van der Waals surface area contributed by atoms with E-state index in [1.54, 1.807) is 49.6 Å². The zero-order valence-corrected chi connectivity index (χ0v) is 23.7. The molecule has 10 heteroatoms. The number of phenolic OH excluding ortho intramolecular Hbond substituents is 1. The normalized spacial score (nSPS) is 12.5. The Hall–Kier alpha value is -3.99. The minimum absolute atomic E-state index is 0.0733. The molecule has 0 aliphatic carbocycles. The fourth-order valence-corrected chi connectivity index (χ4v) is 4.55. The summed E-state index contributed by atoms with van der Waals surface area (Å²) in [5.41, 5.74) is 2.57. The summed E-state index contributed by atoms with van der Waals surface area (Å²) < 4.78 is 51.0. The van der Waals surface area contributed by atoms with Gasteiger partial charge in [0, 0.05) is 31.6 Å². The third kappa shape index (κ3) is 8.28. The van der Waals surface area contributed by atoms with Crippen molar-refractivity contribution in [3.8, 4) is 16.9 Å². The largest absolute Gasteiger partial charge is 0.508 e. The fraction of sp³-hybridized carbons (Fsp3) is 0.312. The number of aromatic hydroxyl groups is 1. The molecule has 0 aliphatic rings. The number of phenols is 1. The number of rotatable bonds is 12. The lowest BCUT2D eigenvalue weighted by atomic mass is 9.98. The summed E-state index contributed by atoms with van der Waals surface area (Å²) in [7, 11) is 5.36. The van der Waals surface area contributed by atoms with Gasteiger partial charge in [0.2, 0.25) is 0 Å². The number of carbonyl (C=O) groups is 1. The van der Waals surface area contributed by atoms with E-state index >= 15 is 0 Å². The minimum atomic E-state index is -4.47. The van der Waals surface area contributed by atoms with Crippen molar-refractivity contribution in [3.05, 3.63) is 95.2 Å². The first-order chi connectivity index (χ1) is 20.0. The smallest absolute Gasteiger partial charge is 0.416 e. The Morgan fingerprint density at radius 2 is 1.76 bits per heavy atom. The molecule has 0 fully saturated rings. The number of aromatic nitrogens is 1. The number of benzene rings is 3. The Bertz CT molecular complexity index is 1510. The van der Waals surface area contributed by atoms with E-state index in [1.165, 1.54) is 6.07 Å². The zero-order valence-electron chi connectivity index (χ0n) is 23.7. The van der Waals surface area contributed by atoms with Gasteiger partial charge in [-0.25, -0.2) is 4.79 Å². The quantitative estimate of drug-likeness (QED) is 0.208. The van der Waals surface area contributed by atoms with Crippen molar-refractivity contribution in [1.29, 1.82) is 0 Å². The maximum atomic E-state index is 13.3. The van der Waals surface area contributed by atoms with Crippen LogP contribution in [0.1, 0.15) is 27.2 Å². The number of likely N-dealkylation sites (N-methyl/N-ethyl adjacent to an activating group) is 1. The molecule has 0 aliphatic heterocycles. The maximum Gasteiger partial charge on any atom is 0.416 e. The predicted molar refractivity (Wildman–Crippen MR) is 155 cm³/mol. The second-order valence-electron chi connectivity index (χ2n) is 10.3. The lowest BCUT2D eigenvalue weighted by Crippen LogP contribution is -2.35. The summed E-state index contributed by atoms with van der Waals surface area (Å²) in [6, 6.07) is 18.7. The number of methoxy groups -OCH3 is 1. The molecule has 0 bridgehead atoms. The van der Waals surface area contributed by atoms with E-state index in [2.05, 4.69) is 5.32 Å². The number of esters is 1. The van der Waals surface area contributed by atoms with Crippen molar-refractivity contribution in [2.24, 2.45) is 0 Å². The van der Waals surface area contributed by atoms with E-state index in [4.69, 9.17) is 14.5 Å². The van der Waals surface area contributed by atoms with Crippen LogP contribution in [0.2, 0.25) is 0 Å². The third-order valence-electron chi connectivity index (χ3n) is 6.73. The van der Waals surface area contributed by atoms with Gasteiger partial charge in [-0.3, -0.25) is 4.98 Å². The Balaban J connectivity index is 1.65. The van der Waals surface area contributed by atoms with Crippen LogP contribution in [-0.2, 0) is 28.6 Å². The second-order valence-corrected chi connectivity index (χ2v) is 10.3. The molecular formula is C32H34F3N3O4. The Morgan fingerprint density at radius 1 is 1.02 bits per heavy atom. The fourth-order valence-electron chi connectivity index (χ4n) is 4.55. The number of pyridine rings is 1. The molecule has 1 aromatic heterocycles. The molecule has 42 heavy (non-hydrogen) atoms. The van der Waals surface area contributed by atoms with Crippen LogP contribution in [0.15, 0.2) is 72.8 Å². The average Bonchev–Trinajstić information content (AvgIpc) is 2.96. The Labute approximate surface area is 242 Å². The van der Waals surface area contributed by atoms with Crippen LogP contribution in [0.25, 0.3) is 22.0 Å². The van der Waals surface area contributed by atoms with Crippen molar-refractivity contribution >= 4 is 16.9 Å². The first kappa shape index (κ1) is 31.0. The summed E-state index contributed by atoms with van der Waals surface area (Å²) >= 11 is 0. The van der Waals surface area contributed by atoms with Crippen LogP contribution in [0.5, 0.6) is 5.75 Å². The Kier molecular flexibility index (Phi) is 10.2. The topological polar surface area (TPSA) is 83.9 Å². The monoisotopic (exact) mass is 581 g/mol. The van der Waals surface area contributed by atoms with Crippen LogP contribution in [0.4, 0.5) is 13.2 Å². The molecule has 0 unspecified atom stereocenters. The summed E-state index contributed by atoms with van der Waals surface area (Å²) in [6.45, 7) is 1.47. The summed E-state index contributed by atoms with van der Waals surface area (Å²) in [5.74, 6) is -0.346. The summed E-state index contributed by atoms with van der Waals surface area (Å²) in [6.07, 6.45) is -3.83. The van der Waals surface area contributed by atoms with E-state index in [0.717, 1.165) is 17.7 Å². The van der Waals surface area contributed by atoms with Crippen LogP contribution < -0.4 is 5.32 Å². The number of carbonyl (C=O) groups excluding carboxylic acids is 1. The van der Waals surface area contributed by atoms with Gasteiger partial charge in [0.1, 0.15) is 12.4 Å². The van der Waals surface area contributed by atoms with Crippen molar-refractivity contribution in [3.63, 3.8) is 0 Å². The van der Waals surface area contributed by atoms with Crippen molar-refractivity contribution in [1.82, 2.24) is 15.2 Å². The summed E-state index contributed by atoms with van der Waals surface area (Å²) in [5, 5.41) is 13.5. The first-order valence-corrected chi connectivity index (χ1v) is 13.5. The highest BCUT2D eigenvalue weighted by Gasteiger charge is 2.30. The molecular weight excluding hydrogens is 547 g/mol. The van der Waals surface area contributed by atoms with Gasteiger partial charge in [-0.15, -0.1) is 0 Å². The molecule has 0 radical (unpaired) electrons. The highest BCUT2D eigenvalue weighted by molar-refractivity contribution is 6.04. The zero-order chi connectivity index (χ0) is 30.3. The second kappa shape index (κ2) is 13.8. The van der Waals surface area contributed by atoms with Crippen LogP contribution >= 0.6 is 0 Å². The molecule has 2 N–H and O–H groups in total. The molecule has 4 aromatic rings. The molecule has 0 saturated carbocycles. The highest BCUT2D eigenvalue weighted by atomic mass is 19.4. The standard InChI is InChI=1S/C32H34F3N3O4/c1-38(2)13-14-42-31(40)29-18-25(19-36-26(20-41-3)15-21-7-10-27(39)11-8-21)37-30-12-9-23(17-28(29)30)22-5-4-6-24(16-22)32(33,34)35/h4-12,16-18,26,36,39H,13-15,19-20H2,1-3H3/t26-/m0/s1. The van der Waals surface area contributed by atoms with Gasteiger partial charge in [0.05, 0.1) is 28.9 Å². The number of hydrogen-bond donors (Lipinski definition) is 2. The number of halogens is 3. The number of fused-ring (bicyclic) bond motifs is 1. The Morgan fingerprint density at radius 3 is 2.45 bits per heavy atom. The predicted octanol–water partition coefficient (Wildman–Crippen LogP) is 5.69. The van der Waals surface area contributed by atoms with Crippen LogP contribution in [0.3, 0.4) is 0 Å². The molecule has 1 heterocycles. The number of nitrogens with one attached hydrogen (secondary N) is 1. The maximum absolute atomic E-state index is 13.3. The van der Waals surface area contributed by atoms with Crippen molar-refractivity contribution < 1.29 is 32.5 Å². The minimum Gasteiger partial charge on any atom is -0.508 e. The average molecular weight is 582 g/mol. The van der Waals surface area contributed by atoms with E-state index in [1.807, 2.05) is 31.1 Å². The molecule has 222 valence electrons. The molecule has 4 rings (SSSR count). The molecule has 1 atom stereocenters. The van der Waals surface area contributed by atoms with Gasteiger partial charge in [-0.1, -0.05) is 30.3 Å². The van der Waals surface area contributed by atoms with Gasteiger partial charge in [0.25, 0.3) is 0 Å². The molecule has 7 nitrogen and oxygen atoms in total. The van der Waals surface area contributed by atoms with E-state index in [-0.39, 0.29) is 24.0 Å². The van der Waals surface area contributed by atoms with Crippen LogP contribution in [0, 0.1) is 0 Å². The van der Waals surface area contributed by atoms with Crippen LogP contribution in [-0.4, -0.2) is 68.0 Å². The van der Waals surface area contributed by atoms with Crippen molar-refractivity contribution in [2.75, 3.05) is 41.0 Å². The highest BCUT2D eigenvalue weighted by Crippen LogP contribution is 2.33. The van der Waals surface area contributed by atoms with E-state index in [9.17, 15) is 23.1 Å². The van der Waals surface area contributed by atoms with Gasteiger partial charge in [0.15, 0.2) is 0 Å². The lowest BCUT2D eigenvalue weighted by molar-refractivity contribution is -0.137. The number of ether oxygens (including phenoxy) is 2. The summed E-state index contributed by atoms with van der Waals surface area (Å²) in [4.78, 5) is 19.9. The molecule has 0 amide bonds. The van der Waals surface area contributed by atoms with Gasteiger partial charge in [-0.2, -0.15) is 13.2 Å². The first-order valence-electron chi connectivity index (χ1n) is 13.5. The van der Waals surface area contributed by atoms with E-state index in [0.29, 0.717) is 53.8 Å². The third-order valence-corrected chi connectivity index (χ3v) is 6.73. The SMILES string of the molecule is COC[C@H](Cc1ccc(O)cc1)NCc1cc(C(=O)OCCN(C)C)c2cc(-c3cccc(C(F)(F)F)c3)ccc2n1. The molecule has 3 aromatic carbocycles. The van der Waals surface area contributed by atoms with Gasteiger partial charge < -0.3 is 24.8 Å². The van der Waals surface area contributed by atoms with Gasteiger partial charge in [-0.05, 0) is 79.7 Å². The molecule has 0 spiro atoms. The number of alkyl halides is 3. The van der Waals surface area contributed by atoms with Gasteiger partial charge >= 0.3 is 12.1 Å². The lowest BCUT2D eigenvalue weighted by Gasteiger charge is -2.19. The number of nitrogens with zero attached hydrogens (tertiary/aromatic N) is 2. The molecule has 0 saturated heterocycles. The number of hydrogen-bond acceptors (Lipinski definition) is 7. The van der Waals surface area contributed by atoms with Crippen molar-refractivity contribution in [2.45, 2.75) is 25.2 Å². The van der Waals surface area contributed by atoms with E-state index < -0.39 is 17.7 Å².